The normalized spacial score (nSPS) is 12.0. The van der Waals surface area contributed by atoms with Crippen molar-refractivity contribution in [2.24, 2.45) is 5.73 Å². The first kappa shape index (κ1) is 12.4. The lowest BCUT2D eigenvalue weighted by Crippen LogP contribution is -2.07. The summed E-state index contributed by atoms with van der Waals surface area (Å²) in [7, 11) is 0. The fourth-order valence-electron chi connectivity index (χ4n) is 0.601. The Kier molecular flexibility index (Phi) is 6.06. The predicted molar refractivity (Wildman–Crippen MR) is 60.5 cm³/mol. The third-order valence-corrected chi connectivity index (χ3v) is 1.42. The highest BCUT2D eigenvalue weighted by atomic mass is 32.1. The van der Waals surface area contributed by atoms with Crippen LogP contribution in [0, 0.1) is 5.41 Å². The van der Waals surface area contributed by atoms with Gasteiger partial charge in [-0.15, -0.1) is 0 Å². The van der Waals surface area contributed by atoms with Crippen molar-refractivity contribution in [1.29, 1.82) is 5.41 Å². The van der Waals surface area contributed by atoms with Crippen LogP contribution in [0.1, 0.15) is 0 Å². The second kappa shape index (κ2) is 6.85. The van der Waals surface area contributed by atoms with Crippen LogP contribution in [-0.2, 0) is 4.74 Å². The van der Waals surface area contributed by atoms with Gasteiger partial charge < -0.3 is 21.0 Å². The second-order valence-electron chi connectivity index (χ2n) is 2.30. The van der Waals surface area contributed by atoms with E-state index in [4.69, 9.17) is 21.0 Å². The van der Waals surface area contributed by atoms with Crippen LogP contribution in [0.3, 0.4) is 0 Å². The molecule has 0 aromatic carbocycles. The number of ether oxygens (including phenoxy) is 1. The van der Waals surface area contributed by atoms with E-state index < -0.39 is 0 Å². The van der Waals surface area contributed by atoms with Crippen LogP contribution in [0.5, 0.6) is 0 Å². The van der Waals surface area contributed by atoms with E-state index in [1.54, 1.807) is 0 Å². The molecule has 0 amide bonds. The number of allylic oxidation sites excluding steroid dienone is 2. The minimum Gasteiger partial charge on any atom is -0.508 e. The van der Waals surface area contributed by atoms with Gasteiger partial charge in [0.25, 0.3) is 0 Å². The molecular weight excluding hydrogens is 200 g/mol. The molecule has 0 bridgehead atoms. The summed E-state index contributed by atoms with van der Waals surface area (Å²) < 4.78 is 4.99. The maximum Gasteiger partial charge on any atom is 0.185 e. The monoisotopic (exact) mass is 212 g/mol. The smallest absolute Gasteiger partial charge is 0.185 e. The third-order valence-electron chi connectivity index (χ3n) is 1.28. The number of aliphatic hydroxyl groups is 1. The summed E-state index contributed by atoms with van der Waals surface area (Å²) in [4.78, 5) is 0. The molecule has 5 heteroatoms. The molecule has 4 N–H and O–H groups in total. The van der Waals surface area contributed by atoms with Crippen LogP contribution >= 0.6 is 12.2 Å². The number of thiocarbonyl (C=S) groups is 1. The van der Waals surface area contributed by atoms with Crippen molar-refractivity contribution in [3.05, 3.63) is 35.9 Å². The summed E-state index contributed by atoms with van der Waals surface area (Å²) in [6.07, 6.45) is 3.79. The topological polar surface area (TPSA) is 79.3 Å². The lowest BCUT2D eigenvalue weighted by atomic mass is 10.2. The van der Waals surface area contributed by atoms with Gasteiger partial charge in [0.2, 0.25) is 0 Å². The molecule has 0 aliphatic heterocycles. The first-order chi connectivity index (χ1) is 6.61. The quantitative estimate of drug-likeness (QED) is 0.205. The van der Waals surface area contributed by atoms with E-state index in [1.807, 2.05) is 0 Å². The van der Waals surface area contributed by atoms with E-state index in [2.05, 4.69) is 18.8 Å². The molecule has 0 aliphatic carbocycles. The standard InChI is InChI=1S/C9H12N2O2S/c1-7(12)8(3-5-14)6-13-9(11)2-4-10/h2-5,10,12H,1,6,11H2/b8-3-,9-2?,10-4?. The van der Waals surface area contributed by atoms with Crippen LogP contribution < -0.4 is 5.73 Å². The van der Waals surface area contributed by atoms with E-state index in [0.717, 1.165) is 6.21 Å². The molecule has 0 aromatic heterocycles. The zero-order chi connectivity index (χ0) is 11.0. The Morgan fingerprint density at radius 1 is 1.57 bits per heavy atom. The third kappa shape index (κ3) is 5.10. The number of nitrogens with one attached hydrogen (secondary N) is 1. The van der Waals surface area contributed by atoms with Gasteiger partial charge in [-0.05, 0) is 6.08 Å². The van der Waals surface area contributed by atoms with Crippen molar-refractivity contribution in [3.8, 4) is 0 Å². The molecule has 0 aromatic rings. The molecule has 0 unspecified atom stereocenters. The van der Waals surface area contributed by atoms with E-state index in [9.17, 15) is 0 Å². The Bertz CT molecular complexity index is 295. The SMILES string of the molecule is C=C(O)/C(=C\C=S)COC(N)=CC=N. The summed E-state index contributed by atoms with van der Waals surface area (Å²) in [6, 6.07) is 0. The number of nitrogens with two attached hydrogens (primary N) is 1. The number of hydrogen-bond acceptors (Lipinski definition) is 5. The highest BCUT2D eigenvalue weighted by Gasteiger charge is 2.00. The Hall–Kier alpha value is -1.62. The Morgan fingerprint density at radius 2 is 2.21 bits per heavy atom. The van der Waals surface area contributed by atoms with Crippen LogP contribution in [0.25, 0.3) is 0 Å². The molecule has 4 nitrogen and oxygen atoms in total. The molecule has 0 atom stereocenters. The molecule has 0 fully saturated rings. The number of rotatable bonds is 6. The molecule has 0 aliphatic rings. The summed E-state index contributed by atoms with van der Waals surface area (Å²) in [6.45, 7) is 3.40. The summed E-state index contributed by atoms with van der Waals surface area (Å²) in [5.74, 6) is -0.0229. The van der Waals surface area contributed by atoms with Crippen molar-refractivity contribution in [3.63, 3.8) is 0 Å². The molecule has 0 heterocycles. The first-order valence-corrected chi connectivity index (χ1v) is 4.20. The Labute approximate surface area is 87.9 Å². The Morgan fingerprint density at radius 3 is 2.64 bits per heavy atom. The predicted octanol–water partition coefficient (Wildman–Crippen LogP) is 1.45. The average Bonchev–Trinajstić information content (AvgIpc) is 2.12. The van der Waals surface area contributed by atoms with Gasteiger partial charge in [-0.25, -0.2) is 0 Å². The van der Waals surface area contributed by atoms with Gasteiger partial charge in [-0.2, -0.15) is 0 Å². The maximum atomic E-state index is 9.07. The van der Waals surface area contributed by atoms with E-state index in [-0.39, 0.29) is 18.2 Å². The minimum absolute atomic E-state index is 0.0681. The van der Waals surface area contributed by atoms with Crippen molar-refractivity contribution in [2.75, 3.05) is 6.61 Å². The van der Waals surface area contributed by atoms with Gasteiger partial charge in [-0.3, -0.25) is 0 Å². The highest BCUT2D eigenvalue weighted by molar-refractivity contribution is 7.79. The molecule has 0 saturated heterocycles. The number of aliphatic hydroxyl groups excluding tert-OH is 1. The molecule has 0 spiro atoms. The van der Waals surface area contributed by atoms with Crippen LogP contribution in [0.4, 0.5) is 0 Å². The molecular formula is C9H12N2O2S. The van der Waals surface area contributed by atoms with Crippen molar-refractivity contribution >= 4 is 23.8 Å². The van der Waals surface area contributed by atoms with E-state index in [1.165, 1.54) is 17.5 Å². The van der Waals surface area contributed by atoms with Gasteiger partial charge >= 0.3 is 0 Å². The van der Waals surface area contributed by atoms with Crippen LogP contribution in [0.15, 0.2) is 35.9 Å². The van der Waals surface area contributed by atoms with Gasteiger partial charge in [0.05, 0.1) is 0 Å². The van der Waals surface area contributed by atoms with Crippen molar-refractivity contribution in [2.45, 2.75) is 0 Å². The van der Waals surface area contributed by atoms with Gasteiger partial charge in [-0.1, -0.05) is 18.8 Å². The highest BCUT2D eigenvalue weighted by Crippen LogP contribution is 2.05. The van der Waals surface area contributed by atoms with Crippen LogP contribution in [-0.4, -0.2) is 23.3 Å². The molecule has 0 radical (unpaired) electrons. The van der Waals surface area contributed by atoms with Crippen molar-refractivity contribution < 1.29 is 9.84 Å². The molecule has 76 valence electrons. The molecule has 14 heavy (non-hydrogen) atoms. The molecule has 0 saturated carbocycles. The fraction of sp³-hybridized carbons (Fsp3) is 0.111. The minimum atomic E-state index is -0.117. The van der Waals surface area contributed by atoms with Crippen molar-refractivity contribution in [1.82, 2.24) is 0 Å². The average molecular weight is 212 g/mol. The second-order valence-corrected chi connectivity index (χ2v) is 2.57. The zero-order valence-electron chi connectivity index (χ0n) is 7.56. The largest absolute Gasteiger partial charge is 0.508 e. The maximum absolute atomic E-state index is 9.07. The fourth-order valence-corrected chi connectivity index (χ4v) is 0.765. The van der Waals surface area contributed by atoms with E-state index in [0.29, 0.717) is 5.57 Å². The summed E-state index contributed by atoms with van der Waals surface area (Å²) >= 11 is 4.59. The number of hydrogen-bond donors (Lipinski definition) is 3. The van der Waals surface area contributed by atoms with Gasteiger partial charge in [0, 0.05) is 23.2 Å². The lowest BCUT2D eigenvalue weighted by molar-refractivity contribution is 0.231. The Balaban J connectivity index is 4.28. The summed E-state index contributed by atoms with van der Waals surface area (Å²) in [5.41, 5.74) is 5.79. The van der Waals surface area contributed by atoms with Gasteiger partial charge in [0.15, 0.2) is 5.88 Å². The molecule has 0 rings (SSSR count). The van der Waals surface area contributed by atoms with Crippen LogP contribution in [0.2, 0.25) is 0 Å². The summed E-state index contributed by atoms with van der Waals surface area (Å²) in [5, 5.41) is 17.1. The zero-order valence-corrected chi connectivity index (χ0v) is 8.38. The first-order valence-electron chi connectivity index (χ1n) is 3.73. The van der Waals surface area contributed by atoms with Gasteiger partial charge in [0.1, 0.15) is 12.4 Å². The lowest BCUT2D eigenvalue weighted by Gasteiger charge is -2.07. The van der Waals surface area contributed by atoms with E-state index >= 15 is 0 Å².